The normalized spacial score (nSPS) is 11.0. The Morgan fingerprint density at radius 3 is 1.55 bits per heavy atom. The molecule has 96 valence electrons. The van der Waals surface area contributed by atoms with E-state index in [0.717, 1.165) is 0 Å². The molecule has 0 bridgehead atoms. The summed E-state index contributed by atoms with van der Waals surface area (Å²) in [6.45, 7) is 0. The lowest BCUT2D eigenvalue weighted by molar-refractivity contribution is 1.78. The summed E-state index contributed by atoms with van der Waals surface area (Å²) in [5.74, 6) is 0. The van der Waals surface area contributed by atoms with Crippen molar-refractivity contribution in [2.75, 3.05) is 0 Å². The fourth-order valence-corrected chi connectivity index (χ4v) is 3.94. The van der Waals surface area contributed by atoms with Gasteiger partial charge in [0.25, 0.3) is 0 Å². The van der Waals surface area contributed by atoms with E-state index in [1.165, 1.54) is 33.4 Å². The summed E-state index contributed by atoms with van der Waals surface area (Å²) in [4.78, 5) is 0. The molecule has 2 aromatic rings. The molecule has 0 amide bonds. The second kappa shape index (κ2) is 4.89. The minimum absolute atomic E-state index is 1.31. The molecule has 0 N–H and O–H groups in total. The molecule has 2 heterocycles. The highest BCUT2D eigenvalue weighted by Crippen LogP contribution is 2.44. The molecule has 2 aromatic heterocycles. The second-order valence-electron chi connectivity index (χ2n) is 4.73. The number of rotatable bonds is 2. The quantitative estimate of drug-likeness (QED) is 0.409. The highest BCUT2D eigenvalue weighted by atomic mass is 32.1. The predicted molar refractivity (Wildman–Crippen MR) is 89.7 cm³/mol. The lowest BCUT2D eigenvalue weighted by atomic mass is 10.0. The third-order valence-corrected chi connectivity index (χ3v) is 4.94. The van der Waals surface area contributed by atoms with E-state index < -0.39 is 0 Å². The minimum atomic E-state index is 1.31. The maximum absolute atomic E-state index is 2.33. The van der Waals surface area contributed by atoms with Gasteiger partial charge in [0.15, 0.2) is 0 Å². The van der Waals surface area contributed by atoms with Crippen LogP contribution in [-0.4, -0.2) is 0 Å². The lowest BCUT2D eigenvalue weighted by Crippen LogP contribution is -1.73. The summed E-state index contributed by atoms with van der Waals surface area (Å²) < 4.78 is 0. The van der Waals surface area contributed by atoms with E-state index in [1.807, 2.05) is 0 Å². The van der Waals surface area contributed by atoms with Crippen LogP contribution in [-0.2, 0) is 0 Å². The van der Waals surface area contributed by atoms with Crippen molar-refractivity contribution < 1.29 is 0 Å². The van der Waals surface area contributed by atoms with Crippen molar-refractivity contribution in [3.63, 3.8) is 0 Å². The van der Waals surface area contributed by atoms with Gasteiger partial charge in [-0.2, -0.15) is 22.7 Å². The van der Waals surface area contributed by atoms with Crippen LogP contribution in [0.5, 0.6) is 0 Å². The molecule has 0 spiro atoms. The number of fused-ring (bicyclic) bond motifs is 1. The van der Waals surface area contributed by atoms with E-state index in [-0.39, 0.29) is 0 Å². The Balaban J connectivity index is 2.03. The van der Waals surface area contributed by atoms with Gasteiger partial charge in [-0.25, -0.2) is 0 Å². The summed E-state index contributed by atoms with van der Waals surface area (Å²) in [7, 11) is 0. The zero-order chi connectivity index (χ0) is 13.4. The highest BCUT2D eigenvalue weighted by Gasteiger charge is 2.17. The van der Waals surface area contributed by atoms with Crippen LogP contribution in [0, 0.1) is 0 Å². The Bertz CT molecular complexity index is 729. The van der Waals surface area contributed by atoms with E-state index in [9.17, 15) is 0 Å². The van der Waals surface area contributed by atoms with Gasteiger partial charge in [0.1, 0.15) is 0 Å². The Hall–Kier alpha value is -1.90. The highest BCUT2D eigenvalue weighted by molar-refractivity contribution is 7.08. The van der Waals surface area contributed by atoms with Crippen LogP contribution < -0.4 is 0 Å². The van der Waals surface area contributed by atoms with E-state index in [2.05, 4.69) is 70.1 Å². The molecule has 0 radical (unpaired) electrons. The maximum atomic E-state index is 2.33. The standard InChI is InChI=1S/C18H12S2/c1-2-4-15-16(5-3-1)18(14-7-9-20-12-14)10-17(15)13-6-8-19-11-13/h1-12H. The molecular weight excluding hydrogens is 280 g/mol. The third-order valence-electron chi connectivity index (χ3n) is 3.57. The Morgan fingerprint density at radius 2 is 1.10 bits per heavy atom. The van der Waals surface area contributed by atoms with Crippen molar-refractivity contribution in [1.82, 2.24) is 0 Å². The van der Waals surface area contributed by atoms with Crippen molar-refractivity contribution >= 4 is 22.7 Å². The topological polar surface area (TPSA) is 0 Å². The molecule has 0 saturated heterocycles. The van der Waals surface area contributed by atoms with Crippen molar-refractivity contribution in [1.29, 1.82) is 0 Å². The maximum Gasteiger partial charge on any atom is -0.00145 e. The predicted octanol–water partition coefficient (Wildman–Crippen LogP) is 6.25. The Labute approximate surface area is 126 Å². The molecule has 2 heteroatoms. The molecule has 2 aliphatic carbocycles. The first-order valence-corrected chi connectivity index (χ1v) is 8.39. The molecule has 20 heavy (non-hydrogen) atoms. The second-order valence-corrected chi connectivity index (χ2v) is 6.29. The van der Waals surface area contributed by atoms with Crippen LogP contribution in [0.25, 0.3) is 33.4 Å². The van der Waals surface area contributed by atoms with Gasteiger partial charge >= 0.3 is 0 Å². The first-order valence-electron chi connectivity index (χ1n) is 6.50. The van der Waals surface area contributed by atoms with Crippen molar-refractivity contribution in [3.8, 4) is 33.4 Å². The first kappa shape index (κ1) is 11.9. The van der Waals surface area contributed by atoms with Crippen molar-refractivity contribution in [2.45, 2.75) is 0 Å². The molecule has 0 saturated carbocycles. The zero-order valence-electron chi connectivity index (χ0n) is 10.7. The molecule has 4 rings (SSSR count). The monoisotopic (exact) mass is 292 g/mol. The molecule has 0 aromatic carbocycles. The van der Waals surface area contributed by atoms with Gasteiger partial charge in [-0.3, -0.25) is 0 Å². The number of hydrogen-bond acceptors (Lipinski definition) is 2. The van der Waals surface area contributed by atoms with E-state index in [1.54, 1.807) is 22.7 Å². The van der Waals surface area contributed by atoms with Gasteiger partial charge in [0.05, 0.1) is 0 Å². The van der Waals surface area contributed by atoms with Crippen LogP contribution in [0.1, 0.15) is 0 Å². The van der Waals surface area contributed by atoms with Gasteiger partial charge < -0.3 is 0 Å². The molecule has 0 unspecified atom stereocenters. The summed E-state index contributed by atoms with van der Waals surface area (Å²) >= 11 is 3.50. The number of thiophene rings is 2. The third kappa shape index (κ3) is 1.89. The van der Waals surface area contributed by atoms with Crippen molar-refractivity contribution in [2.24, 2.45) is 0 Å². The molecule has 0 nitrogen and oxygen atoms in total. The van der Waals surface area contributed by atoms with Crippen molar-refractivity contribution in [3.05, 3.63) is 70.1 Å². The van der Waals surface area contributed by atoms with Crippen LogP contribution in [0.2, 0.25) is 0 Å². The van der Waals surface area contributed by atoms with Gasteiger partial charge in [0, 0.05) is 0 Å². The fraction of sp³-hybridized carbons (Fsp3) is 0. The lowest BCUT2D eigenvalue weighted by Gasteiger charge is -2.00. The summed E-state index contributed by atoms with van der Waals surface area (Å²) in [5.41, 5.74) is 7.95. The molecule has 0 fully saturated rings. The molecular formula is C18H12S2. The van der Waals surface area contributed by atoms with Gasteiger partial charge in [-0.15, -0.1) is 0 Å². The van der Waals surface area contributed by atoms with Crippen LogP contribution >= 0.6 is 22.7 Å². The largest absolute Gasteiger partial charge is 0.152 e. The zero-order valence-corrected chi connectivity index (χ0v) is 12.4. The van der Waals surface area contributed by atoms with E-state index >= 15 is 0 Å². The molecule has 2 aliphatic rings. The Morgan fingerprint density at radius 1 is 0.550 bits per heavy atom. The summed E-state index contributed by atoms with van der Waals surface area (Å²) in [5, 5.41) is 8.72. The average molecular weight is 292 g/mol. The van der Waals surface area contributed by atoms with Crippen LogP contribution in [0.15, 0.2) is 70.1 Å². The number of hydrogen-bond donors (Lipinski definition) is 0. The van der Waals surface area contributed by atoms with E-state index in [4.69, 9.17) is 0 Å². The minimum Gasteiger partial charge on any atom is -0.152 e. The Kier molecular flexibility index (Phi) is 2.91. The summed E-state index contributed by atoms with van der Waals surface area (Å²) in [6.07, 6.45) is 0. The van der Waals surface area contributed by atoms with Crippen LogP contribution in [0.4, 0.5) is 0 Å². The first-order chi connectivity index (χ1) is 9.93. The smallest absolute Gasteiger partial charge is 0.00145 e. The molecule has 0 atom stereocenters. The fourth-order valence-electron chi connectivity index (χ4n) is 2.63. The van der Waals surface area contributed by atoms with Gasteiger partial charge in [-0.1, -0.05) is 30.3 Å². The average Bonchev–Trinajstić information content (AvgIpc) is 3.16. The van der Waals surface area contributed by atoms with Gasteiger partial charge in [0.2, 0.25) is 0 Å². The molecule has 0 aliphatic heterocycles. The SMILES string of the molecule is c1ccc2c(-c3ccsc3)cc(-c3ccsc3)c-2cc1. The van der Waals surface area contributed by atoms with Crippen LogP contribution in [0.3, 0.4) is 0 Å². The summed E-state index contributed by atoms with van der Waals surface area (Å²) in [6, 6.07) is 17.5. The van der Waals surface area contributed by atoms with Gasteiger partial charge in [-0.05, 0) is 73.1 Å². The van der Waals surface area contributed by atoms with E-state index in [0.29, 0.717) is 0 Å².